The third kappa shape index (κ3) is 2.90. The van der Waals surface area contributed by atoms with Gasteiger partial charge in [-0.3, -0.25) is 0 Å². The van der Waals surface area contributed by atoms with E-state index in [1.165, 1.54) is 6.33 Å². The SMILES string of the molecule is CSc1ncnc(Nc2ccc(-n3cncn3)cc2Cl)c1C. The molecule has 0 saturated carbocycles. The molecule has 0 bridgehead atoms. The number of hydrogen-bond acceptors (Lipinski definition) is 6. The van der Waals surface area contributed by atoms with Crippen LogP contribution in [0.1, 0.15) is 5.56 Å². The number of rotatable bonds is 4. The summed E-state index contributed by atoms with van der Waals surface area (Å²) in [5.74, 6) is 0.745. The van der Waals surface area contributed by atoms with Gasteiger partial charge in [0.15, 0.2) is 0 Å². The largest absolute Gasteiger partial charge is 0.339 e. The Morgan fingerprint density at radius 1 is 1.23 bits per heavy atom. The molecule has 3 aromatic rings. The lowest BCUT2D eigenvalue weighted by molar-refractivity contribution is 0.879. The maximum absolute atomic E-state index is 6.35. The molecule has 0 radical (unpaired) electrons. The Bertz CT molecular complexity index is 790. The van der Waals surface area contributed by atoms with Gasteiger partial charge in [0.1, 0.15) is 29.8 Å². The fourth-order valence-electron chi connectivity index (χ4n) is 1.98. The number of benzene rings is 1. The average molecular weight is 333 g/mol. The van der Waals surface area contributed by atoms with Gasteiger partial charge in [-0.15, -0.1) is 11.8 Å². The second-order valence-corrected chi connectivity index (χ2v) is 5.69. The van der Waals surface area contributed by atoms with Gasteiger partial charge >= 0.3 is 0 Å². The van der Waals surface area contributed by atoms with Gasteiger partial charge in [0.2, 0.25) is 0 Å². The second-order valence-electron chi connectivity index (χ2n) is 4.49. The van der Waals surface area contributed by atoms with E-state index in [4.69, 9.17) is 11.6 Å². The van der Waals surface area contributed by atoms with Crippen LogP contribution >= 0.6 is 23.4 Å². The Balaban J connectivity index is 1.90. The molecular weight excluding hydrogens is 320 g/mol. The number of aromatic nitrogens is 5. The molecule has 8 heteroatoms. The number of nitrogens with one attached hydrogen (secondary N) is 1. The minimum absolute atomic E-state index is 0.580. The molecule has 0 aliphatic heterocycles. The molecule has 0 aliphatic carbocycles. The standard InChI is InChI=1S/C14H13ClN6S/c1-9-13(17-7-18-14(9)22-2)20-12-4-3-10(5-11(12)15)21-8-16-6-19-21/h3-8H,1-2H3,(H,17,18,20). The van der Waals surface area contributed by atoms with Crippen molar-refractivity contribution in [2.24, 2.45) is 0 Å². The van der Waals surface area contributed by atoms with Crippen molar-refractivity contribution < 1.29 is 0 Å². The first kappa shape index (κ1) is 14.8. The predicted octanol–water partition coefficient (Wildman–Crippen LogP) is 3.48. The number of thioether (sulfide) groups is 1. The highest BCUT2D eigenvalue weighted by Crippen LogP contribution is 2.29. The smallest absolute Gasteiger partial charge is 0.138 e. The van der Waals surface area contributed by atoms with Crippen LogP contribution < -0.4 is 5.32 Å². The van der Waals surface area contributed by atoms with Crippen molar-refractivity contribution in [3.05, 3.63) is 47.8 Å². The van der Waals surface area contributed by atoms with Crippen molar-refractivity contribution in [2.75, 3.05) is 11.6 Å². The quantitative estimate of drug-likeness (QED) is 0.582. The molecule has 0 amide bonds. The van der Waals surface area contributed by atoms with Crippen LogP contribution in [0.25, 0.3) is 5.69 Å². The summed E-state index contributed by atoms with van der Waals surface area (Å²) in [6.45, 7) is 1.98. The summed E-state index contributed by atoms with van der Waals surface area (Å²) in [4.78, 5) is 12.4. The fraction of sp³-hybridized carbons (Fsp3) is 0.143. The monoisotopic (exact) mass is 332 g/mol. The molecule has 0 unspecified atom stereocenters. The molecule has 1 N–H and O–H groups in total. The van der Waals surface area contributed by atoms with Crippen molar-refractivity contribution in [1.82, 2.24) is 24.7 Å². The van der Waals surface area contributed by atoms with E-state index in [0.717, 1.165) is 27.8 Å². The van der Waals surface area contributed by atoms with E-state index in [1.807, 2.05) is 31.4 Å². The van der Waals surface area contributed by atoms with Gasteiger partial charge in [0.25, 0.3) is 0 Å². The van der Waals surface area contributed by atoms with Crippen molar-refractivity contribution >= 4 is 34.9 Å². The minimum Gasteiger partial charge on any atom is -0.339 e. The summed E-state index contributed by atoms with van der Waals surface area (Å²) in [7, 11) is 0. The summed E-state index contributed by atoms with van der Waals surface area (Å²) in [6, 6.07) is 5.62. The summed E-state index contributed by atoms with van der Waals surface area (Å²) < 4.78 is 1.65. The zero-order valence-electron chi connectivity index (χ0n) is 12.0. The zero-order valence-corrected chi connectivity index (χ0v) is 13.6. The van der Waals surface area contributed by atoms with Crippen LogP contribution in [-0.4, -0.2) is 31.0 Å². The summed E-state index contributed by atoms with van der Waals surface area (Å²) in [5, 5.41) is 8.85. The van der Waals surface area contributed by atoms with Crippen LogP contribution in [-0.2, 0) is 0 Å². The van der Waals surface area contributed by atoms with Crippen LogP contribution in [0.5, 0.6) is 0 Å². The van der Waals surface area contributed by atoms with Crippen LogP contribution in [0.2, 0.25) is 5.02 Å². The molecule has 0 spiro atoms. The predicted molar refractivity (Wildman–Crippen MR) is 88.2 cm³/mol. The highest BCUT2D eigenvalue weighted by Gasteiger charge is 2.09. The van der Waals surface area contributed by atoms with Gasteiger partial charge < -0.3 is 5.32 Å². The summed E-state index contributed by atoms with van der Waals surface area (Å²) in [6.07, 6.45) is 6.63. The number of hydrogen-bond donors (Lipinski definition) is 1. The number of nitrogens with zero attached hydrogens (tertiary/aromatic N) is 5. The Morgan fingerprint density at radius 2 is 2.09 bits per heavy atom. The van der Waals surface area contributed by atoms with E-state index in [2.05, 4.69) is 25.4 Å². The van der Waals surface area contributed by atoms with Gasteiger partial charge in [-0.25, -0.2) is 19.6 Å². The van der Waals surface area contributed by atoms with Crippen LogP contribution in [0.15, 0.2) is 42.2 Å². The molecule has 2 aromatic heterocycles. The maximum Gasteiger partial charge on any atom is 0.138 e. The third-order valence-corrected chi connectivity index (χ3v) is 4.23. The lowest BCUT2D eigenvalue weighted by Gasteiger charge is -2.12. The Morgan fingerprint density at radius 3 is 2.77 bits per heavy atom. The lowest BCUT2D eigenvalue weighted by atomic mass is 10.2. The maximum atomic E-state index is 6.35. The van der Waals surface area contributed by atoms with Crippen molar-refractivity contribution in [3.8, 4) is 5.69 Å². The molecular formula is C14H13ClN6S. The number of halogens is 1. The van der Waals surface area contributed by atoms with Gasteiger partial charge in [-0.2, -0.15) is 5.10 Å². The van der Waals surface area contributed by atoms with E-state index in [-0.39, 0.29) is 0 Å². The topological polar surface area (TPSA) is 68.5 Å². The molecule has 112 valence electrons. The van der Waals surface area contributed by atoms with E-state index in [9.17, 15) is 0 Å². The third-order valence-electron chi connectivity index (χ3n) is 3.12. The molecule has 6 nitrogen and oxygen atoms in total. The van der Waals surface area contributed by atoms with Gasteiger partial charge in [0.05, 0.1) is 16.4 Å². The lowest BCUT2D eigenvalue weighted by Crippen LogP contribution is -2.01. The van der Waals surface area contributed by atoms with Crippen molar-refractivity contribution in [3.63, 3.8) is 0 Å². The molecule has 2 heterocycles. The first-order valence-corrected chi connectivity index (χ1v) is 8.06. The molecule has 0 atom stereocenters. The highest BCUT2D eigenvalue weighted by molar-refractivity contribution is 7.98. The fourth-order valence-corrected chi connectivity index (χ4v) is 2.76. The van der Waals surface area contributed by atoms with Crippen LogP contribution in [0.4, 0.5) is 11.5 Å². The summed E-state index contributed by atoms with van der Waals surface area (Å²) >= 11 is 7.93. The van der Waals surface area contributed by atoms with E-state index < -0.39 is 0 Å². The summed E-state index contributed by atoms with van der Waals surface area (Å²) in [5.41, 5.74) is 2.61. The van der Waals surface area contributed by atoms with E-state index >= 15 is 0 Å². The average Bonchev–Trinajstić information content (AvgIpc) is 3.05. The van der Waals surface area contributed by atoms with Gasteiger partial charge in [-0.05, 0) is 31.4 Å². The first-order valence-electron chi connectivity index (χ1n) is 6.46. The van der Waals surface area contributed by atoms with Crippen molar-refractivity contribution in [1.29, 1.82) is 0 Å². The Hall–Kier alpha value is -2.12. The van der Waals surface area contributed by atoms with Crippen LogP contribution in [0, 0.1) is 6.92 Å². The number of anilines is 2. The van der Waals surface area contributed by atoms with Gasteiger partial charge in [0, 0.05) is 5.56 Å². The molecule has 1 aromatic carbocycles. The minimum atomic E-state index is 0.580. The first-order chi connectivity index (χ1) is 10.7. The molecule has 22 heavy (non-hydrogen) atoms. The Kier molecular flexibility index (Phi) is 4.26. The second kappa shape index (κ2) is 6.33. The molecule has 3 rings (SSSR count). The molecule has 0 saturated heterocycles. The van der Waals surface area contributed by atoms with Gasteiger partial charge in [-0.1, -0.05) is 11.6 Å². The molecule has 0 aliphatic rings. The van der Waals surface area contributed by atoms with Crippen molar-refractivity contribution in [2.45, 2.75) is 11.9 Å². The Labute approximate surface area is 137 Å². The zero-order chi connectivity index (χ0) is 15.5. The van der Waals surface area contributed by atoms with Crippen LogP contribution in [0.3, 0.4) is 0 Å². The van der Waals surface area contributed by atoms with E-state index in [0.29, 0.717) is 5.02 Å². The molecule has 0 fully saturated rings. The normalized spacial score (nSPS) is 10.7. The van der Waals surface area contributed by atoms with E-state index in [1.54, 1.807) is 29.1 Å². The highest BCUT2D eigenvalue weighted by atomic mass is 35.5.